The van der Waals surface area contributed by atoms with Gasteiger partial charge in [0.05, 0.1) is 5.56 Å². The standard InChI is InChI=1S/C25H23NO4/c1-17-13-14-18(2)22(15-17)24(28)20-11-7-8-12-21(20)25(29)30-16-23(27)26(3)19-9-5-4-6-10-19/h4-15H,16H2,1-3H3. The number of para-hydroxylation sites is 1. The summed E-state index contributed by atoms with van der Waals surface area (Å²) in [6.07, 6.45) is 0. The van der Waals surface area contributed by atoms with Gasteiger partial charge in [-0.05, 0) is 43.7 Å². The van der Waals surface area contributed by atoms with Crippen molar-refractivity contribution in [3.63, 3.8) is 0 Å². The molecule has 0 atom stereocenters. The number of benzene rings is 3. The molecule has 3 aromatic rings. The van der Waals surface area contributed by atoms with E-state index in [1.807, 2.05) is 44.2 Å². The van der Waals surface area contributed by atoms with Gasteiger partial charge in [-0.15, -0.1) is 0 Å². The van der Waals surface area contributed by atoms with Crippen molar-refractivity contribution in [1.29, 1.82) is 0 Å². The summed E-state index contributed by atoms with van der Waals surface area (Å²) >= 11 is 0. The minimum atomic E-state index is -0.709. The van der Waals surface area contributed by atoms with Gasteiger partial charge in [0.25, 0.3) is 5.91 Å². The minimum Gasteiger partial charge on any atom is -0.452 e. The normalized spacial score (nSPS) is 10.4. The van der Waals surface area contributed by atoms with Crippen LogP contribution in [0.3, 0.4) is 0 Å². The van der Waals surface area contributed by atoms with E-state index in [9.17, 15) is 14.4 Å². The Hall–Kier alpha value is -3.73. The number of aryl methyl sites for hydroxylation is 2. The van der Waals surface area contributed by atoms with E-state index in [4.69, 9.17) is 4.74 Å². The molecule has 0 aromatic heterocycles. The third kappa shape index (κ3) is 4.63. The number of likely N-dealkylation sites (N-methyl/N-ethyl adjacent to an activating group) is 1. The molecule has 0 saturated carbocycles. The van der Waals surface area contributed by atoms with Gasteiger partial charge in [-0.25, -0.2) is 4.79 Å². The van der Waals surface area contributed by atoms with E-state index in [0.717, 1.165) is 11.1 Å². The summed E-state index contributed by atoms with van der Waals surface area (Å²) < 4.78 is 5.23. The Morgan fingerprint density at radius 3 is 2.13 bits per heavy atom. The van der Waals surface area contributed by atoms with E-state index in [1.54, 1.807) is 43.4 Å². The van der Waals surface area contributed by atoms with Gasteiger partial charge in [-0.3, -0.25) is 9.59 Å². The predicted octanol–water partition coefficient (Wildman–Crippen LogP) is 4.35. The summed E-state index contributed by atoms with van der Waals surface area (Å²) in [4.78, 5) is 39.6. The molecule has 3 rings (SSSR count). The third-order valence-corrected chi connectivity index (χ3v) is 4.87. The molecule has 3 aromatic carbocycles. The SMILES string of the molecule is Cc1ccc(C)c(C(=O)c2ccccc2C(=O)OCC(=O)N(C)c2ccccc2)c1. The summed E-state index contributed by atoms with van der Waals surface area (Å²) in [6, 6.07) is 21.2. The van der Waals surface area contributed by atoms with Gasteiger partial charge in [-0.2, -0.15) is 0 Å². The molecular formula is C25H23NO4. The first-order chi connectivity index (χ1) is 14.4. The van der Waals surface area contributed by atoms with Gasteiger partial charge >= 0.3 is 5.97 Å². The van der Waals surface area contributed by atoms with Crippen LogP contribution in [0.5, 0.6) is 0 Å². The lowest BCUT2D eigenvalue weighted by atomic mass is 9.94. The fourth-order valence-electron chi connectivity index (χ4n) is 3.08. The topological polar surface area (TPSA) is 63.7 Å². The van der Waals surface area contributed by atoms with Gasteiger partial charge in [0.2, 0.25) is 0 Å². The molecule has 0 spiro atoms. The van der Waals surface area contributed by atoms with Crippen molar-refractivity contribution < 1.29 is 19.1 Å². The Labute approximate surface area is 175 Å². The Morgan fingerprint density at radius 2 is 1.43 bits per heavy atom. The fourth-order valence-corrected chi connectivity index (χ4v) is 3.08. The van der Waals surface area contributed by atoms with Crippen LogP contribution in [0.4, 0.5) is 5.69 Å². The first-order valence-corrected chi connectivity index (χ1v) is 9.58. The van der Waals surface area contributed by atoms with Crippen molar-refractivity contribution in [3.05, 3.63) is 101 Å². The lowest BCUT2D eigenvalue weighted by Gasteiger charge is -2.17. The average molecular weight is 401 g/mol. The molecule has 0 unspecified atom stereocenters. The zero-order valence-electron chi connectivity index (χ0n) is 17.2. The maximum Gasteiger partial charge on any atom is 0.339 e. The average Bonchev–Trinajstić information content (AvgIpc) is 2.78. The zero-order chi connectivity index (χ0) is 21.7. The number of esters is 1. The van der Waals surface area contributed by atoms with Gasteiger partial charge in [-0.1, -0.05) is 54.1 Å². The van der Waals surface area contributed by atoms with Crippen LogP contribution in [0, 0.1) is 13.8 Å². The second kappa shape index (κ2) is 9.18. The summed E-state index contributed by atoms with van der Waals surface area (Å²) in [5, 5.41) is 0. The molecule has 0 aliphatic carbocycles. The van der Waals surface area contributed by atoms with E-state index in [-0.39, 0.29) is 22.8 Å². The van der Waals surface area contributed by atoms with Crippen LogP contribution in [-0.4, -0.2) is 31.3 Å². The number of carbonyl (C=O) groups excluding carboxylic acids is 3. The van der Waals surface area contributed by atoms with Crippen molar-refractivity contribution >= 4 is 23.3 Å². The number of anilines is 1. The number of hydrogen-bond acceptors (Lipinski definition) is 4. The first kappa shape index (κ1) is 21.0. The highest BCUT2D eigenvalue weighted by Gasteiger charge is 2.22. The highest BCUT2D eigenvalue weighted by molar-refractivity contribution is 6.15. The van der Waals surface area contributed by atoms with E-state index in [0.29, 0.717) is 11.3 Å². The third-order valence-electron chi connectivity index (χ3n) is 4.87. The molecule has 0 saturated heterocycles. The Kier molecular flexibility index (Phi) is 6.42. The van der Waals surface area contributed by atoms with E-state index < -0.39 is 12.6 Å². The second-order valence-corrected chi connectivity index (χ2v) is 7.06. The van der Waals surface area contributed by atoms with Crippen molar-refractivity contribution in [2.24, 2.45) is 0 Å². The molecule has 5 heteroatoms. The molecule has 0 heterocycles. The highest BCUT2D eigenvalue weighted by atomic mass is 16.5. The van der Waals surface area contributed by atoms with Gasteiger partial charge in [0.1, 0.15) is 0 Å². The van der Waals surface area contributed by atoms with Crippen LogP contribution >= 0.6 is 0 Å². The molecule has 0 radical (unpaired) electrons. The Morgan fingerprint density at radius 1 is 0.800 bits per heavy atom. The van der Waals surface area contributed by atoms with Crippen molar-refractivity contribution in [2.45, 2.75) is 13.8 Å². The molecule has 0 fully saturated rings. The summed E-state index contributed by atoms with van der Waals surface area (Å²) in [7, 11) is 1.61. The number of ether oxygens (including phenoxy) is 1. The molecule has 0 bridgehead atoms. The number of ketones is 1. The highest BCUT2D eigenvalue weighted by Crippen LogP contribution is 2.20. The van der Waals surface area contributed by atoms with Crippen LogP contribution in [0.1, 0.15) is 37.4 Å². The molecule has 30 heavy (non-hydrogen) atoms. The Balaban J connectivity index is 1.77. The van der Waals surface area contributed by atoms with Crippen molar-refractivity contribution in [3.8, 4) is 0 Å². The molecule has 5 nitrogen and oxygen atoms in total. The van der Waals surface area contributed by atoms with Gasteiger partial charge in [0, 0.05) is 23.9 Å². The maximum absolute atomic E-state index is 13.1. The quantitative estimate of drug-likeness (QED) is 0.455. The van der Waals surface area contributed by atoms with Crippen LogP contribution in [-0.2, 0) is 9.53 Å². The molecule has 0 aliphatic rings. The number of amides is 1. The molecule has 1 amide bonds. The smallest absolute Gasteiger partial charge is 0.339 e. The van der Waals surface area contributed by atoms with Crippen LogP contribution in [0.25, 0.3) is 0 Å². The largest absolute Gasteiger partial charge is 0.452 e. The molecule has 0 N–H and O–H groups in total. The first-order valence-electron chi connectivity index (χ1n) is 9.58. The second-order valence-electron chi connectivity index (χ2n) is 7.06. The maximum atomic E-state index is 13.1. The fraction of sp³-hybridized carbons (Fsp3) is 0.160. The molecule has 152 valence electrons. The van der Waals surface area contributed by atoms with Gasteiger partial charge in [0.15, 0.2) is 12.4 Å². The van der Waals surface area contributed by atoms with Crippen molar-refractivity contribution in [2.75, 3.05) is 18.6 Å². The lowest BCUT2D eigenvalue weighted by Crippen LogP contribution is -2.31. The minimum absolute atomic E-state index is 0.138. The number of nitrogens with zero attached hydrogens (tertiary/aromatic N) is 1. The zero-order valence-corrected chi connectivity index (χ0v) is 17.2. The predicted molar refractivity (Wildman–Crippen MR) is 116 cm³/mol. The monoisotopic (exact) mass is 401 g/mol. The van der Waals surface area contributed by atoms with Crippen LogP contribution < -0.4 is 4.90 Å². The molecule has 0 aliphatic heterocycles. The van der Waals surface area contributed by atoms with E-state index in [2.05, 4.69) is 0 Å². The number of rotatable bonds is 6. The summed E-state index contributed by atoms with van der Waals surface area (Å²) in [5.41, 5.74) is 3.41. The van der Waals surface area contributed by atoms with Crippen molar-refractivity contribution in [1.82, 2.24) is 0 Å². The Bertz CT molecular complexity index is 1090. The molecular weight excluding hydrogens is 378 g/mol. The lowest BCUT2D eigenvalue weighted by molar-refractivity contribution is -0.121. The summed E-state index contributed by atoms with van der Waals surface area (Å²) in [6.45, 7) is 3.34. The van der Waals surface area contributed by atoms with Crippen LogP contribution in [0.2, 0.25) is 0 Å². The number of carbonyl (C=O) groups is 3. The van der Waals surface area contributed by atoms with Crippen LogP contribution in [0.15, 0.2) is 72.8 Å². The summed E-state index contributed by atoms with van der Waals surface area (Å²) in [5.74, 6) is -1.33. The number of hydrogen-bond donors (Lipinski definition) is 0. The van der Waals surface area contributed by atoms with E-state index >= 15 is 0 Å². The van der Waals surface area contributed by atoms with Gasteiger partial charge < -0.3 is 9.64 Å². The van der Waals surface area contributed by atoms with E-state index in [1.165, 1.54) is 11.0 Å².